The third-order valence-corrected chi connectivity index (χ3v) is 4.64. The number of nitro groups is 1. The molecule has 0 bridgehead atoms. The fourth-order valence-electron chi connectivity index (χ4n) is 3.23. The Balaban J connectivity index is 1.95. The minimum absolute atomic E-state index is 0.00235. The zero-order valence-corrected chi connectivity index (χ0v) is 15.0. The standard InChI is InChI=1S/C22H16N2O4/c1-28-17-11-12-19-18(13-17)20(22(25)15-5-3-2-4-6-15)21(23-19)14-7-9-16(10-8-14)24(26)27/h2-13,23H,1H3. The van der Waals surface area contributed by atoms with E-state index in [1.54, 1.807) is 31.4 Å². The molecule has 0 saturated heterocycles. The van der Waals surface area contributed by atoms with E-state index in [4.69, 9.17) is 4.74 Å². The summed E-state index contributed by atoms with van der Waals surface area (Å²) in [5.74, 6) is 0.511. The van der Waals surface area contributed by atoms with Gasteiger partial charge in [0.15, 0.2) is 5.78 Å². The number of aromatic amines is 1. The molecule has 0 atom stereocenters. The van der Waals surface area contributed by atoms with E-state index in [9.17, 15) is 14.9 Å². The molecule has 4 aromatic rings. The molecule has 0 amide bonds. The van der Waals surface area contributed by atoms with Gasteiger partial charge in [0.05, 0.1) is 23.3 Å². The number of non-ortho nitro benzene ring substituents is 1. The van der Waals surface area contributed by atoms with Crippen LogP contribution in [-0.2, 0) is 0 Å². The number of methoxy groups -OCH3 is 1. The van der Waals surface area contributed by atoms with E-state index in [0.717, 1.165) is 10.9 Å². The lowest BCUT2D eigenvalue weighted by Gasteiger charge is -2.06. The van der Waals surface area contributed by atoms with Crippen LogP contribution in [0.2, 0.25) is 0 Å². The average molecular weight is 372 g/mol. The molecule has 0 aliphatic rings. The number of nitro benzene ring substituents is 1. The average Bonchev–Trinajstić information content (AvgIpc) is 3.12. The largest absolute Gasteiger partial charge is 0.497 e. The first-order chi connectivity index (χ1) is 13.6. The number of carbonyl (C=O) groups is 1. The maximum Gasteiger partial charge on any atom is 0.269 e. The van der Waals surface area contributed by atoms with Crippen LogP contribution in [0.15, 0.2) is 72.8 Å². The van der Waals surface area contributed by atoms with Crippen LogP contribution in [0.25, 0.3) is 22.2 Å². The van der Waals surface area contributed by atoms with Gasteiger partial charge in [-0.2, -0.15) is 0 Å². The van der Waals surface area contributed by atoms with Gasteiger partial charge in [0.1, 0.15) is 5.75 Å². The van der Waals surface area contributed by atoms with E-state index < -0.39 is 4.92 Å². The van der Waals surface area contributed by atoms with Crippen LogP contribution in [0, 0.1) is 10.1 Å². The molecule has 0 aliphatic heterocycles. The molecular weight excluding hydrogens is 356 g/mol. The Bertz CT molecular complexity index is 1180. The van der Waals surface area contributed by atoms with Gasteiger partial charge in [0.2, 0.25) is 0 Å². The molecule has 28 heavy (non-hydrogen) atoms. The van der Waals surface area contributed by atoms with Gasteiger partial charge in [-0.15, -0.1) is 0 Å². The molecule has 1 heterocycles. The topological polar surface area (TPSA) is 85.2 Å². The summed E-state index contributed by atoms with van der Waals surface area (Å²) in [7, 11) is 1.57. The summed E-state index contributed by atoms with van der Waals surface area (Å²) >= 11 is 0. The lowest BCUT2D eigenvalue weighted by molar-refractivity contribution is -0.384. The Labute approximate surface area is 160 Å². The molecule has 4 rings (SSSR count). The fourth-order valence-corrected chi connectivity index (χ4v) is 3.23. The van der Waals surface area contributed by atoms with E-state index >= 15 is 0 Å². The number of nitrogens with zero attached hydrogens (tertiary/aromatic N) is 1. The normalized spacial score (nSPS) is 10.8. The number of hydrogen-bond donors (Lipinski definition) is 1. The van der Waals surface area contributed by atoms with E-state index in [1.165, 1.54) is 12.1 Å². The molecule has 138 valence electrons. The van der Waals surface area contributed by atoms with Gasteiger partial charge in [0.25, 0.3) is 5.69 Å². The summed E-state index contributed by atoms with van der Waals surface area (Å²) in [5, 5.41) is 11.7. The highest BCUT2D eigenvalue weighted by Crippen LogP contribution is 2.34. The van der Waals surface area contributed by atoms with E-state index in [0.29, 0.717) is 28.1 Å². The Morgan fingerprint density at radius 3 is 2.36 bits per heavy atom. The van der Waals surface area contributed by atoms with Crippen molar-refractivity contribution < 1.29 is 14.5 Å². The zero-order chi connectivity index (χ0) is 19.7. The van der Waals surface area contributed by atoms with Crippen LogP contribution < -0.4 is 4.74 Å². The SMILES string of the molecule is COc1ccc2[nH]c(-c3ccc([N+](=O)[O-])cc3)c(C(=O)c3ccccc3)c2c1. The molecule has 0 unspecified atom stereocenters. The van der Waals surface area contributed by atoms with Gasteiger partial charge in [-0.25, -0.2) is 0 Å². The van der Waals surface area contributed by atoms with Gasteiger partial charge in [-0.3, -0.25) is 14.9 Å². The van der Waals surface area contributed by atoms with E-state index in [1.807, 2.05) is 36.4 Å². The highest BCUT2D eigenvalue weighted by Gasteiger charge is 2.22. The van der Waals surface area contributed by atoms with Gasteiger partial charge >= 0.3 is 0 Å². The third-order valence-electron chi connectivity index (χ3n) is 4.64. The van der Waals surface area contributed by atoms with Crippen LogP contribution in [0.4, 0.5) is 5.69 Å². The van der Waals surface area contributed by atoms with Crippen molar-refractivity contribution in [3.63, 3.8) is 0 Å². The molecule has 0 radical (unpaired) electrons. The molecule has 1 N–H and O–H groups in total. The van der Waals surface area contributed by atoms with Crippen molar-refractivity contribution in [1.82, 2.24) is 4.98 Å². The second kappa shape index (κ2) is 7.00. The summed E-state index contributed by atoms with van der Waals surface area (Å²) in [5.41, 5.74) is 3.17. The molecule has 3 aromatic carbocycles. The highest BCUT2D eigenvalue weighted by atomic mass is 16.6. The summed E-state index contributed by atoms with van der Waals surface area (Å²) < 4.78 is 5.32. The number of rotatable bonds is 5. The number of fused-ring (bicyclic) bond motifs is 1. The quantitative estimate of drug-likeness (QED) is 0.304. The Kier molecular flexibility index (Phi) is 4.37. The number of carbonyl (C=O) groups excluding carboxylic acids is 1. The fraction of sp³-hybridized carbons (Fsp3) is 0.0455. The predicted molar refractivity (Wildman–Crippen MR) is 107 cm³/mol. The van der Waals surface area contributed by atoms with Crippen molar-refractivity contribution in [2.75, 3.05) is 7.11 Å². The second-order valence-corrected chi connectivity index (χ2v) is 6.29. The minimum atomic E-state index is -0.449. The minimum Gasteiger partial charge on any atom is -0.497 e. The molecule has 0 spiro atoms. The highest BCUT2D eigenvalue weighted by molar-refractivity contribution is 6.20. The van der Waals surface area contributed by atoms with Crippen molar-refractivity contribution in [3.05, 3.63) is 94.0 Å². The number of benzene rings is 3. The van der Waals surface area contributed by atoms with Gasteiger partial charge in [-0.05, 0) is 35.9 Å². The summed E-state index contributed by atoms with van der Waals surface area (Å²) in [6, 6.07) is 20.6. The molecule has 6 nitrogen and oxygen atoms in total. The monoisotopic (exact) mass is 372 g/mol. The number of ether oxygens (including phenoxy) is 1. The van der Waals surface area contributed by atoms with Crippen LogP contribution in [0.3, 0.4) is 0 Å². The molecular formula is C22H16N2O4. The number of aromatic nitrogens is 1. The number of ketones is 1. The first-order valence-electron chi connectivity index (χ1n) is 8.63. The first kappa shape index (κ1) is 17.5. The van der Waals surface area contributed by atoms with Crippen molar-refractivity contribution in [1.29, 1.82) is 0 Å². The Hall–Kier alpha value is -3.93. The molecule has 0 aliphatic carbocycles. The van der Waals surface area contributed by atoms with Crippen LogP contribution in [0.1, 0.15) is 15.9 Å². The molecule has 0 fully saturated rings. The van der Waals surface area contributed by atoms with Gasteiger partial charge in [0, 0.05) is 28.6 Å². The molecule has 1 aromatic heterocycles. The van der Waals surface area contributed by atoms with Gasteiger partial charge in [-0.1, -0.05) is 30.3 Å². The molecule has 6 heteroatoms. The van der Waals surface area contributed by atoms with Crippen molar-refractivity contribution in [2.45, 2.75) is 0 Å². The van der Waals surface area contributed by atoms with E-state index in [-0.39, 0.29) is 11.5 Å². The second-order valence-electron chi connectivity index (χ2n) is 6.29. The maximum atomic E-state index is 13.3. The third kappa shape index (κ3) is 3.01. The van der Waals surface area contributed by atoms with Crippen molar-refractivity contribution >= 4 is 22.4 Å². The van der Waals surface area contributed by atoms with Crippen LogP contribution in [-0.4, -0.2) is 22.8 Å². The number of nitrogens with one attached hydrogen (secondary N) is 1. The smallest absolute Gasteiger partial charge is 0.269 e. The number of H-pyrrole nitrogens is 1. The lowest BCUT2D eigenvalue weighted by Crippen LogP contribution is -2.02. The van der Waals surface area contributed by atoms with Crippen molar-refractivity contribution in [2.24, 2.45) is 0 Å². The summed E-state index contributed by atoms with van der Waals surface area (Å²) in [4.78, 5) is 27.1. The van der Waals surface area contributed by atoms with Crippen LogP contribution >= 0.6 is 0 Å². The Morgan fingerprint density at radius 1 is 1.00 bits per heavy atom. The maximum absolute atomic E-state index is 13.3. The van der Waals surface area contributed by atoms with Crippen molar-refractivity contribution in [3.8, 4) is 17.0 Å². The predicted octanol–water partition coefficient (Wildman–Crippen LogP) is 4.98. The van der Waals surface area contributed by atoms with E-state index in [2.05, 4.69) is 4.98 Å². The lowest BCUT2D eigenvalue weighted by atomic mass is 9.97. The van der Waals surface area contributed by atoms with Crippen LogP contribution in [0.5, 0.6) is 5.75 Å². The number of hydrogen-bond acceptors (Lipinski definition) is 4. The zero-order valence-electron chi connectivity index (χ0n) is 15.0. The summed E-state index contributed by atoms with van der Waals surface area (Å²) in [6.45, 7) is 0. The first-order valence-corrected chi connectivity index (χ1v) is 8.63. The Morgan fingerprint density at radius 2 is 1.71 bits per heavy atom. The summed E-state index contributed by atoms with van der Waals surface area (Å²) in [6.07, 6.45) is 0. The molecule has 0 saturated carbocycles. The van der Waals surface area contributed by atoms with Gasteiger partial charge < -0.3 is 9.72 Å².